The van der Waals surface area contributed by atoms with E-state index in [-0.39, 0.29) is 16.8 Å². The average Bonchev–Trinajstić information content (AvgIpc) is 2.25. The van der Waals surface area contributed by atoms with E-state index in [0.29, 0.717) is 10.4 Å². The molecule has 1 aromatic heterocycles. The molecule has 0 atom stereocenters. The molecule has 1 aromatic rings. The van der Waals surface area contributed by atoms with E-state index < -0.39 is 9.84 Å². The molecule has 0 radical (unpaired) electrons. The number of ether oxygens (including phenoxy) is 1. The summed E-state index contributed by atoms with van der Waals surface area (Å²) in [6.07, 6.45) is 5.01. The van der Waals surface area contributed by atoms with E-state index in [9.17, 15) is 8.42 Å². The van der Waals surface area contributed by atoms with Crippen LogP contribution in [0.25, 0.3) is 0 Å². The molecule has 1 saturated carbocycles. The highest BCUT2D eigenvalue weighted by atomic mass is 79.9. The molecule has 0 bridgehead atoms. The maximum atomic E-state index is 11.8. The van der Waals surface area contributed by atoms with Crippen molar-refractivity contribution in [2.24, 2.45) is 0 Å². The molecule has 4 nitrogen and oxygen atoms in total. The summed E-state index contributed by atoms with van der Waals surface area (Å²) in [7, 11) is -3.27. The van der Waals surface area contributed by atoms with Crippen molar-refractivity contribution in [3.63, 3.8) is 0 Å². The summed E-state index contributed by atoms with van der Waals surface area (Å²) >= 11 is 3.16. The number of hydrogen-bond donors (Lipinski definition) is 0. The first-order valence-corrected chi connectivity index (χ1v) is 8.02. The Balaban J connectivity index is 2.28. The first-order chi connectivity index (χ1) is 8.03. The second-order valence-electron chi connectivity index (χ2n) is 4.03. The number of aromatic nitrogens is 1. The number of hydrogen-bond acceptors (Lipinski definition) is 4. The van der Waals surface area contributed by atoms with Crippen molar-refractivity contribution in [1.29, 1.82) is 0 Å². The summed E-state index contributed by atoms with van der Waals surface area (Å²) < 4.78 is 29.6. The Morgan fingerprint density at radius 2 is 2.24 bits per heavy atom. The summed E-state index contributed by atoms with van der Waals surface area (Å²) in [5, 5.41) is 0. The zero-order valence-electron chi connectivity index (χ0n) is 9.52. The molecule has 0 spiro atoms. The summed E-state index contributed by atoms with van der Waals surface area (Å²) in [6.45, 7) is 1.61. The molecular weight excluding hydrogens is 306 g/mol. The van der Waals surface area contributed by atoms with E-state index in [4.69, 9.17) is 4.74 Å². The second-order valence-corrected chi connectivity index (χ2v) is 7.03. The fraction of sp³-hybridized carbons (Fsp3) is 0.545. The molecule has 0 aromatic carbocycles. The van der Waals surface area contributed by atoms with E-state index in [2.05, 4.69) is 20.9 Å². The highest BCUT2D eigenvalue weighted by molar-refractivity contribution is 9.10. The Bertz CT molecular complexity index is 511. The minimum absolute atomic E-state index is 0.0557. The third-order valence-corrected chi connectivity index (χ3v) is 5.49. The van der Waals surface area contributed by atoms with Gasteiger partial charge in [-0.05, 0) is 35.2 Å². The molecule has 0 amide bonds. The Labute approximate surface area is 109 Å². The third-order valence-electron chi connectivity index (χ3n) is 2.85. The molecule has 0 unspecified atom stereocenters. The van der Waals surface area contributed by atoms with Crippen LogP contribution in [0.3, 0.4) is 0 Å². The average molecular weight is 320 g/mol. The lowest BCUT2D eigenvalue weighted by atomic mass is 9.96. The van der Waals surface area contributed by atoms with Gasteiger partial charge in [-0.2, -0.15) is 0 Å². The van der Waals surface area contributed by atoms with E-state index in [1.807, 2.05) is 0 Å². The van der Waals surface area contributed by atoms with Gasteiger partial charge in [-0.1, -0.05) is 6.92 Å². The van der Waals surface area contributed by atoms with E-state index in [1.165, 1.54) is 6.42 Å². The van der Waals surface area contributed by atoms with Crippen molar-refractivity contribution in [2.45, 2.75) is 37.2 Å². The predicted octanol–water partition coefficient (Wildman–Crippen LogP) is 2.57. The van der Waals surface area contributed by atoms with Crippen LogP contribution in [0.15, 0.2) is 21.8 Å². The van der Waals surface area contributed by atoms with Crippen LogP contribution in [-0.4, -0.2) is 25.3 Å². The number of nitrogens with zero attached hydrogens (tertiary/aromatic N) is 1. The van der Waals surface area contributed by atoms with Gasteiger partial charge in [-0.3, -0.25) is 0 Å². The van der Waals surface area contributed by atoms with Gasteiger partial charge < -0.3 is 4.74 Å². The van der Waals surface area contributed by atoms with Crippen molar-refractivity contribution in [2.75, 3.05) is 5.75 Å². The van der Waals surface area contributed by atoms with Crippen LogP contribution in [0, 0.1) is 0 Å². The first-order valence-electron chi connectivity index (χ1n) is 5.58. The van der Waals surface area contributed by atoms with Crippen LogP contribution >= 0.6 is 15.9 Å². The third kappa shape index (κ3) is 2.80. The normalized spacial score (nSPS) is 16.6. The molecule has 6 heteroatoms. The maximum Gasteiger partial charge on any atom is 0.180 e. The quantitative estimate of drug-likeness (QED) is 0.800. The van der Waals surface area contributed by atoms with Crippen molar-refractivity contribution in [3.05, 3.63) is 16.9 Å². The first kappa shape index (κ1) is 12.8. The van der Waals surface area contributed by atoms with Crippen molar-refractivity contribution in [3.8, 4) is 5.75 Å². The van der Waals surface area contributed by atoms with Gasteiger partial charge in [0.15, 0.2) is 9.84 Å². The van der Waals surface area contributed by atoms with Crippen molar-refractivity contribution >= 4 is 25.8 Å². The molecule has 17 heavy (non-hydrogen) atoms. The predicted molar refractivity (Wildman–Crippen MR) is 67.9 cm³/mol. The fourth-order valence-electron chi connectivity index (χ4n) is 1.53. The highest BCUT2D eigenvalue weighted by Crippen LogP contribution is 2.29. The minimum Gasteiger partial charge on any atom is -0.489 e. The summed E-state index contributed by atoms with van der Waals surface area (Å²) in [5.74, 6) is 0.588. The van der Waals surface area contributed by atoms with Crippen molar-refractivity contribution < 1.29 is 13.2 Å². The van der Waals surface area contributed by atoms with Crippen LogP contribution in [0.1, 0.15) is 26.2 Å². The molecule has 94 valence electrons. The largest absolute Gasteiger partial charge is 0.489 e. The van der Waals surface area contributed by atoms with E-state index in [0.717, 1.165) is 12.8 Å². The zero-order chi connectivity index (χ0) is 12.5. The van der Waals surface area contributed by atoms with Crippen LogP contribution in [0.5, 0.6) is 5.75 Å². The molecule has 2 rings (SSSR count). The second kappa shape index (κ2) is 4.94. The van der Waals surface area contributed by atoms with Gasteiger partial charge in [0, 0.05) is 6.07 Å². The van der Waals surface area contributed by atoms with E-state index in [1.54, 1.807) is 19.2 Å². The molecule has 0 N–H and O–H groups in total. The van der Waals surface area contributed by atoms with Gasteiger partial charge in [-0.25, -0.2) is 13.4 Å². The number of pyridine rings is 1. The Morgan fingerprint density at radius 3 is 2.76 bits per heavy atom. The summed E-state index contributed by atoms with van der Waals surface area (Å²) in [6, 6.07) is 1.55. The smallest absolute Gasteiger partial charge is 0.180 e. The van der Waals surface area contributed by atoms with Gasteiger partial charge in [0.2, 0.25) is 0 Å². The SMILES string of the molecule is CCS(=O)(=O)c1cc(OC2CCC2)cnc1Br. The highest BCUT2D eigenvalue weighted by Gasteiger charge is 2.22. The molecule has 1 fully saturated rings. The van der Waals surface area contributed by atoms with Crippen molar-refractivity contribution in [1.82, 2.24) is 4.98 Å². The maximum absolute atomic E-state index is 11.8. The van der Waals surface area contributed by atoms with Crippen LogP contribution in [0.2, 0.25) is 0 Å². The van der Waals surface area contributed by atoms with Gasteiger partial charge in [-0.15, -0.1) is 0 Å². The topological polar surface area (TPSA) is 56.3 Å². The minimum atomic E-state index is -3.27. The van der Waals surface area contributed by atoms with Gasteiger partial charge in [0.1, 0.15) is 15.2 Å². The van der Waals surface area contributed by atoms with Gasteiger partial charge >= 0.3 is 0 Å². The van der Waals surface area contributed by atoms with Gasteiger partial charge in [0.05, 0.1) is 18.1 Å². The van der Waals surface area contributed by atoms with Crippen LogP contribution < -0.4 is 4.74 Å². The molecule has 1 aliphatic rings. The Kier molecular flexibility index (Phi) is 3.73. The molecule has 0 aliphatic heterocycles. The molecule has 0 saturated heterocycles. The lowest BCUT2D eigenvalue weighted by Gasteiger charge is -2.26. The van der Waals surface area contributed by atoms with Gasteiger partial charge in [0.25, 0.3) is 0 Å². The van der Waals surface area contributed by atoms with Crippen LogP contribution in [-0.2, 0) is 9.84 Å². The number of sulfone groups is 1. The molecule has 1 heterocycles. The van der Waals surface area contributed by atoms with Crippen LogP contribution in [0.4, 0.5) is 0 Å². The zero-order valence-corrected chi connectivity index (χ0v) is 11.9. The summed E-state index contributed by atoms with van der Waals surface area (Å²) in [4.78, 5) is 4.22. The fourth-order valence-corrected chi connectivity index (χ4v) is 3.40. The monoisotopic (exact) mass is 319 g/mol. The van der Waals surface area contributed by atoms with E-state index >= 15 is 0 Å². The standard InChI is InChI=1S/C11H14BrNO3S/c1-2-17(14,15)10-6-9(7-13-11(10)12)16-8-4-3-5-8/h6-8H,2-5H2,1H3. The number of rotatable bonds is 4. The lowest BCUT2D eigenvalue weighted by Crippen LogP contribution is -2.24. The summed E-state index contributed by atoms with van der Waals surface area (Å²) in [5.41, 5.74) is 0. The Hall–Kier alpha value is -0.620. The molecular formula is C11H14BrNO3S. The molecule has 1 aliphatic carbocycles. The lowest BCUT2D eigenvalue weighted by molar-refractivity contribution is 0.119. The number of halogens is 1. The Morgan fingerprint density at radius 1 is 1.53 bits per heavy atom.